The maximum atomic E-state index is 12.8. The van der Waals surface area contributed by atoms with E-state index in [2.05, 4.69) is 15.2 Å². The second-order valence-corrected chi connectivity index (χ2v) is 7.31. The van der Waals surface area contributed by atoms with Gasteiger partial charge in [-0.3, -0.25) is 9.69 Å². The Morgan fingerprint density at radius 3 is 2.91 bits per heavy atom. The Balaban J connectivity index is 1.44. The number of hydrogen-bond acceptors (Lipinski definition) is 4. The van der Waals surface area contributed by atoms with Crippen LogP contribution in [0.25, 0.3) is 11.0 Å². The van der Waals surface area contributed by atoms with Gasteiger partial charge in [0.2, 0.25) is 0 Å². The van der Waals surface area contributed by atoms with Gasteiger partial charge in [-0.05, 0) is 63.7 Å². The summed E-state index contributed by atoms with van der Waals surface area (Å²) in [5.41, 5.74) is 2.30. The quantitative estimate of drug-likeness (QED) is 0.926. The van der Waals surface area contributed by atoms with Gasteiger partial charge in [0.25, 0.3) is 5.91 Å². The molecule has 1 saturated carbocycles. The van der Waals surface area contributed by atoms with Gasteiger partial charge >= 0.3 is 0 Å². The molecule has 5 heterocycles. The van der Waals surface area contributed by atoms with Crippen molar-refractivity contribution in [3.63, 3.8) is 0 Å². The molecule has 1 amide bonds. The first-order valence-corrected chi connectivity index (χ1v) is 8.58. The monoisotopic (exact) mass is 311 g/mol. The molecule has 1 N–H and O–H groups in total. The predicted octanol–water partition coefficient (Wildman–Crippen LogP) is 2.49. The summed E-state index contributed by atoms with van der Waals surface area (Å²) >= 11 is 0. The normalized spacial score (nSPS) is 30.7. The predicted molar refractivity (Wildman–Crippen MR) is 86.3 cm³/mol. The minimum Gasteiger partial charge on any atom is -0.462 e. The average Bonchev–Trinajstić information content (AvgIpc) is 3.18. The first-order valence-electron chi connectivity index (χ1n) is 8.58. The number of carbonyl (C=O) groups excluding carboxylic acids is 1. The second kappa shape index (κ2) is 4.57. The number of furan rings is 1. The van der Waals surface area contributed by atoms with Crippen LogP contribution < -0.4 is 5.32 Å². The van der Waals surface area contributed by atoms with Crippen molar-refractivity contribution in [1.82, 2.24) is 15.2 Å². The number of nitrogens with one attached hydrogen (secondary N) is 1. The highest BCUT2D eigenvalue weighted by Crippen LogP contribution is 2.53. The smallest absolute Gasteiger partial charge is 0.270 e. The van der Waals surface area contributed by atoms with E-state index in [1.54, 1.807) is 6.26 Å². The van der Waals surface area contributed by atoms with E-state index in [4.69, 9.17) is 4.42 Å². The van der Waals surface area contributed by atoms with E-state index in [1.807, 2.05) is 19.1 Å². The van der Waals surface area contributed by atoms with Crippen LogP contribution in [0.15, 0.2) is 22.8 Å². The number of nitrogens with zero attached hydrogens (tertiary/aromatic N) is 2. The summed E-state index contributed by atoms with van der Waals surface area (Å²) in [5.74, 6) is 0.589. The van der Waals surface area contributed by atoms with Crippen LogP contribution in [0.3, 0.4) is 0 Å². The molecule has 4 fully saturated rings. The highest BCUT2D eigenvalue weighted by atomic mass is 16.3. The van der Waals surface area contributed by atoms with Gasteiger partial charge in [-0.2, -0.15) is 0 Å². The number of pyridine rings is 1. The van der Waals surface area contributed by atoms with Gasteiger partial charge in [-0.15, -0.1) is 0 Å². The van der Waals surface area contributed by atoms with Crippen LogP contribution in [0.2, 0.25) is 0 Å². The molecule has 3 saturated heterocycles. The Morgan fingerprint density at radius 2 is 2.17 bits per heavy atom. The Kier molecular flexibility index (Phi) is 2.69. The molecule has 2 aromatic heterocycles. The fourth-order valence-electron chi connectivity index (χ4n) is 4.79. The number of aromatic nitrogens is 1. The number of carbonyl (C=O) groups is 1. The van der Waals surface area contributed by atoms with Gasteiger partial charge in [-0.1, -0.05) is 0 Å². The third kappa shape index (κ3) is 1.89. The van der Waals surface area contributed by atoms with Crippen LogP contribution >= 0.6 is 0 Å². The molecule has 120 valence electrons. The molecule has 1 aliphatic carbocycles. The zero-order valence-corrected chi connectivity index (χ0v) is 13.3. The van der Waals surface area contributed by atoms with E-state index < -0.39 is 0 Å². The molecule has 0 aromatic carbocycles. The van der Waals surface area contributed by atoms with Crippen LogP contribution in [-0.4, -0.2) is 40.5 Å². The molecule has 5 nitrogen and oxygen atoms in total. The standard InChI is InChI=1S/C18H21N3O2/c1-11-15-13(4-9-23-15)10-14(19-11)17(22)20-16-12-2-7-21(8-3-12)18(16)5-6-18/h4,9-10,12,16H,2-3,5-8H2,1H3,(H,20,22). The van der Waals surface area contributed by atoms with Crippen molar-refractivity contribution in [1.29, 1.82) is 0 Å². The maximum absolute atomic E-state index is 12.8. The van der Waals surface area contributed by atoms with E-state index in [1.165, 1.54) is 38.8 Å². The first kappa shape index (κ1) is 13.5. The highest BCUT2D eigenvalue weighted by molar-refractivity contribution is 5.96. The molecule has 5 heteroatoms. The molecule has 1 atom stereocenters. The molecule has 0 radical (unpaired) electrons. The molecule has 3 aliphatic heterocycles. The third-order valence-electron chi connectivity index (χ3n) is 6.11. The van der Waals surface area contributed by atoms with E-state index in [0.717, 1.165) is 16.7 Å². The van der Waals surface area contributed by atoms with Crippen LogP contribution in [-0.2, 0) is 0 Å². The first-order chi connectivity index (χ1) is 11.2. The minimum atomic E-state index is -0.0405. The van der Waals surface area contributed by atoms with E-state index in [-0.39, 0.29) is 11.4 Å². The molecule has 1 unspecified atom stereocenters. The lowest BCUT2D eigenvalue weighted by Gasteiger charge is -2.52. The number of amides is 1. The average molecular weight is 311 g/mol. The van der Waals surface area contributed by atoms with Crippen LogP contribution in [0.4, 0.5) is 0 Å². The Morgan fingerprint density at radius 1 is 1.39 bits per heavy atom. The molecule has 1 spiro atoms. The van der Waals surface area contributed by atoms with Crippen molar-refractivity contribution in [3.8, 4) is 0 Å². The molecule has 2 bridgehead atoms. The van der Waals surface area contributed by atoms with Gasteiger partial charge in [-0.25, -0.2) is 4.98 Å². The van der Waals surface area contributed by atoms with Gasteiger partial charge in [0.05, 0.1) is 18.0 Å². The summed E-state index contributed by atoms with van der Waals surface area (Å²) in [5, 5.41) is 4.27. The van der Waals surface area contributed by atoms with Gasteiger partial charge in [0.15, 0.2) is 5.58 Å². The number of fused-ring (bicyclic) bond motifs is 3. The van der Waals surface area contributed by atoms with Crippen LogP contribution in [0.1, 0.15) is 41.9 Å². The fraction of sp³-hybridized carbons (Fsp3) is 0.556. The fourth-order valence-corrected chi connectivity index (χ4v) is 4.79. The summed E-state index contributed by atoms with van der Waals surface area (Å²) < 4.78 is 5.42. The maximum Gasteiger partial charge on any atom is 0.270 e. The van der Waals surface area contributed by atoms with Crippen molar-refractivity contribution in [2.45, 2.75) is 44.2 Å². The summed E-state index contributed by atoms with van der Waals surface area (Å²) in [4.78, 5) is 19.9. The highest BCUT2D eigenvalue weighted by Gasteiger charge is 2.60. The second-order valence-electron chi connectivity index (χ2n) is 7.31. The van der Waals surface area contributed by atoms with Crippen molar-refractivity contribution in [2.24, 2.45) is 5.92 Å². The summed E-state index contributed by atoms with van der Waals surface area (Å²) in [6.45, 7) is 4.30. The number of rotatable bonds is 2. The third-order valence-corrected chi connectivity index (χ3v) is 6.11. The number of hydrogen-bond donors (Lipinski definition) is 1. The van der Waals surface area contributed by atoms with Crippen molar-refractivity contribution >= 4 is 16.9 Å². The Hall–Kier alpha value is -1.88. The van der Waals surface area contributed by atoms with Crippen molar-refractivity contribution < 1.29 is 9.21 Å². The molecule has 6 rings (SSSR count). The lowest BCUT2D eigenvalue weighted by atomic mass is 9.77. The van der Waals surface area contributed by atoms with E-state index in [0.29, 0.717) is 17.7 Å². The number of aryl methyl sites for hydroxylation is 1. The number of piperidine rings is 3. The molecule has 4 aliphatic rings. The Labute approximate surface area is 135 Å². The summed E-state index contributed by atoms with van der Waals surface area (Å²) in [6, 6.07) is 4.01. The minimum absolute atomic E-state index is 0.0405. The topological polar surface area (TPSA) is 58.4 Å². The zero-order chi connectivity index (χ0) is 15.6. The van der Waals surface area contributed by atoms with E-state index >= 15 is 0 Å². The summed E-state index contributed by atoms with van der Waals surface area (Å²) in [6.07, 6.45) is 6.51. The lowest BCUT2D eigenvalue weighted by molar-refractivity contribution is -0.00152. The molecular formula is C18H21N3O2. The SMILES string of the molecule is Cc1nc(C(=O)NC2C3CCN(CC3)C23CC3)cc2ccoc12. The largest absolute Gasteiger partial charge is 0.462 e. The Bertz CT molecular complexity index is 785. The summed E-state index contributed by atoms with van der Waals surface area (Å²) in [7, 11) is 0. The van der Waals surface area contributed by atoms with Gasteiger partial charge in [0, 0.05) is 10.9 Å². The molecular weight excluding hydrogens is 290 g/mol. The molecule has 23 heavy (non-hydrogen) atoms. The van der Waals surface area contributed by atoms with Crippen molar-refractivity contribution in [3.05, 3.63) is 29.8 Å². The molecule has 2 aromatic rings. The van der Waals surface area contributed by atoms with Gasteiger partial charge in [0.1, 0.15) is 5.69 Å². The van der Waals surface area contributed by atoms with Crippen molar-refractivity contribution in [2.75, 3.05) is 13.1 Å². The zero-order valence-electron chi connectivity index (χ0n) is 13.3. The van der Waals surface area contributed by atoms with E-state index in [9.17, 15) is 4.79 Å². The van der Waals surface area contributed by atoms with Crippen LogP contribution in [0, 0.1) is 12.8 Å². The van der Waals surface area contributed by atoms with Crippen LogP contribution in [0.5, 0.6) is 0 Å². The van der Waals surface area contributed by atoms with Gasteiger partial charge < -0.3 is 9.73 Å². The lowest BCUT2D eigenvalue weighted by Crippen LogP contribution is -2.65.